The topological polar surface area (TPSA) is 53.6 Å². The molecule has 2 N–H and O–H groups in total. The highest BCUT2D eigenvalue weighted by atomic mass is 32.1. The summed E-state index contributed by atoms with van der Waals surface area (Å²) in [6, 6.07) is 9.55. The van der Waals surface area contributed by atoms with E-state index in [0.717, 1.165) is 17.9 Å². The van der Waals surface area contributed by atoms with Crippen LogP contribution >= 0.6 is 18.5 Å². The molecule has 1 aliphatic rings. The molecule has 0 bridgehead atoms. The van der Waals surface area contributed by atoms with Gasteiger partial charge in [0.05, 0.1) is 40.0 Å². The van der Waals surface area contributed by atoms with E-state index in [4.69, 9.17) is 4.74 Å². The highest BCUT2D eigenvalue weighted by Gasteiger charge is 2.32. The lowest BCUT2D eigenvalue weighted by molar-refractivity contribution is -0.126. The highest BCUT2D eigenvalue weighted by Crippen LogP contribution is 2.45. The van der Waals surface area contributed by atoms with Gasteiger partial charge in [0.15, 0.2) is 0 Å². The molecule has 2 atom stereocenters. The second-order valence-electron chi connectivity index (χ2n) is 10.3. The first-order chi connectivity index (χ1) is 20.0. The number of halogens is 5. The maximum Gasteiger partial charge on any atom is 0.393 e. The predicted octanol–water partition coefficient (Wildman–Crippen LogP) is 7.26. The second kappa shape index (κ2) is 13.7. The van der Waals surface area contributed by atoms with Crippen molar-refractivity contribution in [2.24, 2.45) is 0 Å². The second-order valence-corrected chi connectivity index (χ2v) is 14.9. The molecule has 0 saturated carbocycles. The number of nitrogens with one attached hydrogen (secondary N) is 2. The summed E-state index contributed by atoms with van der Waals surface area (Å²) in [7, 11) is -0.758. The van der Waals surface area contributed by atoms with Crippen molar-refractivity contribution in [3.63, 3.8) is 0 Å². The van der Waals surface area contributed by atoms with Crippen molar-refractivity contribution in [1.82, 2.24) is 4.90 Å². The molecule has 228 valence electrons. The van der Waals surface area contributed by atoms with Gasteiger partial charge in [-0.25, -0.2) is 8.78 Å². The van der Waals surface area contributed by atoms with Crippen molar-refractivity contribution >= 4 is 45.2 Å². The summed E-state index contributed by atoms with van der Waals surface area (Å²) in [4.78, 5) is 2.19. The van der Waals surface area contributed by atoms with Crippen molar-refractivity contribution in [3.8, 4) is 17.6 Å². The summed E-state index contributed by atoms with van der Waals surface area (Å²) < 4.78 is 87.4. The Balaban J connectivity index is 1.60. The predicted molar refractivity (Wildman–Crippen MR) is 163 cm³/mol. The lowest BCUT2D eigenvalue weighted by atomic mass is 10.0. The van der Waals surface area contributed by atoms with E-state index in [0.29, 0.717) is 52.1 Å². The number of piperidine rings is 1. The van der Waals surface area contributed by atoms with Crippen LogP contribution < -0.4 is 20.7 Å². The van der Waals surface area contributed by atoms with Gasteiger partial charge in [0.25, 0.3) is 0 Å². The quantitative estimate of drug-likeness (QED) is 0.141. The molecule has 5 nitrogen and oxygen atoms in total. The number of hydrogen-bond acceptors (Lipinski definition) is 6. The van der Waals surface area contributed by atoms with Gasteiger partial charge >= 0.3 is 6.18 Å². The van der Waals surface area contributed by atoms with Crippen molar-refractivity contribution in [3.05, 3.63) is 46.8 Å². The third-order valence-corrected chi connectivity index (χ3v) is 12.0. The van der Waals surface area contributed by atoms with E-state index in [1.807, 2.05) is 25.8 Å². The molecule has 1 fully saturated rings. The van der Waals surface area contributed by atoms with E-state index >= 15 is 0 Å². The van der Waals surface area contributed by atoms with E-state index in [9.17, 15) is 26.5 Å². The number of hydrogen-bond donors (Lipinski definition) is 2. The van der Waals surface area contributed by atoms with Crippen LogP contribution in [0.25, 0.3) is 10.1 Å². The van der Waals surface area contributed by atoms with E-state index in [1.54, 1.807) is 36.4 Å². The summed E-state index contributed by atoms with van der Waals surface area (Å²) in [6.45, 7) is 3.66. The molecule has 2 heterocycles. The lowest BCUT2D eigenvalue weighted by Crippen LogP contribution is -2.46. The molecule has 0 radical (unpaired) electrons. The Morgan fingerprint density at radius 2 is 1.93 bits per heavy atom. The molecule has 0 unspecified atom stereocenters. The van der Waals surface area contributed by atoms with Crippen LogP contribution in [-0.4, -0.2) is 69.2 Å². The van der Waals surface area contributed by atoms with Crippen molar-refractivity contribution in [2.75, 3.05) is 56.5 Å². The van der Waals surface area contributed by atoms with Crippen LogP contribution in [0.1, 0.15) is 30.7 Å². The summed E-state index contributed by atoms with van der Waals surface area (Å²) in [5.41, 5.74) is 1.11. The van der Waals surface area contributed by atoms with Crippen LogP contribution in [0.15, 0.2) is 36.4 Å². The van der Waals surface area contributed by atoms with Gasteiger partial charge in [-0.15, -0.1) is 11.3 Å². The van der Waals surface area contributed by atoms with E-state index < -0.39 is 38.8 Å². The molecule has 0 spiro atoms. The molecule has 2 aromatic carbocycles. The first-order valence-electron chi connectivity index (χ1n) is 13.8. The van der Waals surface area contributed by atoms with E-state index in [1.165, 1.54) is 0 Å². The van der Waals surface area contributed by atoms with Crippen molar-refractivity contribution in [2.45, 2.75) is 45.1 Å². The molecule has 1 saturated heterocycles. The monoisotopic (exact) mass is 627 g/mol. The number of benzene rings is 2. The highest BCUT2D eigenvalue weighted by molar-refractivity contribution is 7.71. The summed E-state index contributed by atoms with van der Waals surface area (Å²) in [5, 5.41) is 7.29. The first-order valence-corrected chi connectivity index (χ1v) is 16.7. The number of nitrogens with zero attached hydrogens (tertiary/aromatic N) is 1. The fraction of sp³-hybridized carbons (Fsp3) is 0.467. The number of alkyl halides is 5. The average Bonchev–Trinajstić information content (AvgIpc) is 3.29. The lowest BCUT2D eigenvalue weighted by Gasteiger charge is -2.33. The number of likely N-dealkylation sites (tertiary alicyclic amines) is 1. The molecular formula is C30H35F5N3O2PS. The van der Waals surface area contributed by atoms with Gasteiger partial charge in [-0.05, 0) is 48.7 Å². The SMILES string of the molecule is CCP(=O)(CC)c1ccc(NCC#Cc2sc3c(N[C@H]4CCN(C)C[C@H]4F)cccc3c2CC(F)(F)F)c(OCF)c1. The average molecular weight is 628 g/mol. The van der Waals surface area contributed by atoms with Crippen LogP contribution in [0, 0.1) is 11.8 Å². The number of ether oxygens (including phenoxy) is 1. The Kier molecular flexibility index (Phi) is 10.4. The smallest absolute Gasteiger partial charge is 0.393 e. The van der Waals surface area contributed by atoms with Crippen LogP contribution in [-0.2, 0) is 11.0 Å². The third kappa shape index (κ3) is 7.58. The Labute approximate surface area is 247 Å². The van der Waals surface area contributed by atoms with Gasteiger partial charge < -0.3 is 24.8 Å². The van der Waals surface area contributed by atoms with Gasteiger partial charge in [0, 0.05) is 30.7 Å². The van der Waals surface area contributed by atoms with Gasteiger partial charge in [-0.1, -0.05) is 37.8 Å². The Morgan fingerprint density at radius 1 is 1.17 bits per heavy atom. The van der Waals surface area contributed by atoms with Gasteiger partial charge in [-0.3, -0.25) is 0 Å². The van der Waals surface area contributed by atoms with Gasteiger partial charge in [-0.2, -0.15) is 13.2 Å². The zero-order chi connectivity index (χ0) is 30.5. The minimum absolute atomic E-state index is 0.0468. The molecule has 1 aromatic heterocycles. The minimum Gasteiger partial charge on any atom is -0.461 e. The summed E-state index contributed by atoms with van der Waals surface area (Å²) in [6.07, 6.45) is -5.17. The normalized spacial score (nSPS) is 18.0. The molecular weight excluding hydrogens is 592 g/mol. The van der Waals surface area contributed by atoms with E-state index in [2.05, 4.69) is 22.5 Å². The van der Waals surface area contributed by atoms with Crippen LogP contribution in [0.5, 0.6) is 5.75 Å². The standard InChI is InChI=1S/C30H35F5N3O2PS/c1-4-41(39,5-2)20-11-12-25(27(16-20)40-19-31)36-14-7-10-28-22(17-30(33,34)35)21-8-6-9-26(29(21)42-28)37-24-13-15-38(3)18-23(24)32/h6,8-9,11-12,16,23-24,36-37H,4-5,13-15,17-19H2,1-3H3/t23-,24+/m1/s1. The van der Waals surface area contributed by atoms with Crippen molar-refractivity contribution in [1.29, 1.82) is 0 Å². The zero-order valence-electron chi connectivity index (χ0n) is 23.8. The maximum atomic E-state index is 14.7. The number of rotatable bonds is 10. The van der Waals surface area contributed by atoms with Gasteiger partial charge in [0.2, 0.25) is 6.86 Å². The summed E-state index contributed by atoms with van der Waals surface area (Å²) >= 11 is 1.15. The number of fused-ring (bicyclic) bond motifs is 1. The largest absolute Gasteiger partial charge is 0.461 e. The molecule has 3 aromatic rings. The first kappa shape index (κ1) is 32.1. The molecule has 0 aliphatic carbocycles. The molecule has 12 heteroatoms. The molecule has 1 aliphatic heterocycles. The zero-order valence-corrected chi connectivity index (χ0v) is 25.5. The minimum atomic E-state index is -4.44. The number of thiophene rings is 1. The molecule has 4 rings (SSSR count). The van der Waals surface area contributed by atoms with Gasteiger partial charge in [0.1, 0.15) is 19.1 Å². The Bertz CT molecular complexity index is 1490. The van der Waals surface area contributed by atoms with Crippen LogP contribution in [0.3, 0.4) is 0 Å². The number of anilines is 2. The Hall–Kier alpha value is -2.80. The van der Waals surface area contributed by atoms with Crippen LogP contribution in [0.2, 0.25) is 0 Å². The fourth-order valence-corrected chi connectivity index (χ4v) is 8.17. The van der Waals surface area contributed by atoms with Crippen LogP contribution in [0.4, 0.5) is 33.3 Å². The maximum absolute atomic E-state index is 14.7. The third-order valence-electron chi connectivity index (χ3n) is 7.52. The fourth-order valence-electron chi connectivity index (χ4n) is 5.12. The molecule has 42 heavy (non-hydrogen) atoms. The summed E-state index contributed by atoms with van der Waals surface area (Å²) in [5.74, 6) is 5.95. The van der Waals surface area contributed by atoms with Crippen molar-refractivity contribution < 1.29 is 31.3 Å². The molecule has 0 amide bonds. The van der Waals surface area contributed by atoms with E-state index in [-0.39, 0.29) is 22.7 Å². The Morgan fingerprint density at radius 3 is 2.60 bits per heavy atom.